The van der Waals surface area contributed by atoms with Crippen LogP contribution in [0.2, 0.25) is 0 Å². The molecule has 0 radical (unpaired) electrons. The van der Waals surface area contributed by atoms with Crippen molar-refractivity contribution in [3.8, 4) is 0 Å². The summed E-state index contributed by atoms with van der Waals surface area (Å²) in [6, 6.07) is 26.5. The normalized spacial score (nSPS) is 12.1. The van der Waals surface area contributed by atoms with E-state index in [1.54, 1.807) is 30.3 Å². The van der Waals surface area contributed by atoms with Gasteiger partial charge in [0.15, 0.2) is 0 Å². The van der Waals surface area contributed by atoms with E-state index < -0.39 is 20.0 Å². The molecule has 4 aromatic rings. The molecular formula is C28H27N3O5S2. The lowest BCUT2D eigenvalue weighted by atomic mass is 10.0. The van der Waals surface area contributed by atoms with Crippen molar-refractivity contribution in [3.63, 3.8) is 0 Å². The van der Waals surface area contributed by atoms with Gasteiger partial charge in [0.25, 0.3) is 20.0 Å². The minimum absolute atomic E-state index is 0.0264. The maximum absolute atomic E-state index is 13.3. The van der Waals surface area contributed by atoms with Crippen molar-refractivity contribution in [2.45, 2.75) is 23.6 Å². The first kappa shape index (κ1) is 26.9. The largest absolute Gasteiger partial charge is 0.399 e. The summed E-state index contributed by atoms with van der Waals surface area (Å²) in [6.45, 7) is 3.71. The Morgan fingerprint density at radius 2 is 1.13 bits per heavy atom. The molecule has 4 aromatic carbocycles. The van der Waals surface area contributed by atoms with Crippen molar-refractivity contribution in [3.05, 3.63) is 119 Å². The first-order valence-corrected chi connectivity index (χ1v) is 14.6. The molecule has 0 aliphatic heterocycles. The Labute approximate surface area is 223 Å². The number of nitrogens with zero attached hydrogens (tertiary/aromatic N) is 1. The Kier molecular flexibility index (Phi) is 7.84. The molecule has 0 aliphatic rings. The number of benzene rings is 4. The van der Waals surface area contributed by atoms with Gasteiger partial charge in [0, 0.05) is 11.1 Å². The van der Waals surface area contributed by atoms with Gasteiger partial charge in [-0.2, -0.15) is 0 Å². The zero-order valence-electron chi connectivity index (χ0n) is 21.0. The lowest BCUT2D eigenvalue weighted by molar-refractivity contribution is 0.214. The zero-order chi connectivity index (χ0) is 27.3. The van der Waals surface area contributed by atoms with Gasteiger partial charge in [-0.05, 0) is 50.2 Å². The number of aryl methyl sites for hydroxylation is 2. The predicted molar refractivity (Wildman–Crippen MR) is 150 cm³/mol. The van der Waals surface area contributed by atoms with Crippen LogP contribution in [0.4, 0.5) is 11.4 Å². The Balaban J connectivity index is 1.81. The van der Waals surface area contributed by atoms with E-state index in [1.807, 2.05) is 44.2 Å². The molecule has 0 aromatic heterocycles. The van der Waals surface area contributed by atoms with E-state index in [4.69, 9.17) is 4.84 Å². The lowest BCUT2D eigenvalue weighted by Gasteiger charge is -2.17. The van der Waals surface area contributed by atoms with Crippen molar-refractivity contribution in [1.82, 2.24) is 0 Å². The molecule has 0 saturated carbocycles. The van der Waals surface area contributed by atoms with Gasteiger partial charge in [-0.1, -0.05) is 76.9 Å². The van der Waals surface area contributed by atoms with Gasteiger partial charge in [-0.25, -0.2) is 16.8 Å². The van der Waals surface area contributed by atoms with E-state index >= 15 is 0 Å². The van der Waals surface area contributed by atoms with E-state index in [0.717, 1.165) is 16.7 Å². The molecule has 0 bridgehead atoms. The quantitative estimate of drug-likeness (QED) is 0.217. The maximum Gasteiger partial charge on any atom is 0.261 e. The van der Waals surface area contributed by atoms with Gasteiger partial charge in [0.05, 0.1) is 21.2 Å². The molecule has 0 spiro atoms. The molecule has 196 valence electrons. The van der Waals surface area contributed by atoms with Gasteiger partial charge in [-0.15, -0.1) is 0 Å². The number of hydrogen-bond acceptors (Lipinski definition) is 6. The van der Waals surface area contributed by atoms with Gasteiger partial charge >= 0.3 is 0 Å². The summed E-state index contributed by atoms with van der Waals surface area (Å²) in [5, 5.41) is 4.13. The van der Waals surface area contributed by atoms with Gasteiger partial charge in [0.1, 0.15) is 12.8 Å². The molecule has 0 unspecified atom stereocenters. The Morgan fingerprint density at radius 1 is 0.632 bits per heavy atom. The molecule has 0 fully saturated rings. The highest BCUT2D eigenvalue weighted by Gasteiger charge is 2.21. The Morgan fingerprint density at radius 3 is 1.63 bits per heavy atom. The van der Waals surface area contributed by atoms with Crippen LogP contribution >= 0.6 is 0 Å². The van der Waals surface area contributed by atoms with E-state index in [1.165, 1.54) is 43.5 Å². The van der Waals surface area contributed by atoms with Crippen LogP contribution in [0.3, 0.4) is 0 Å². The molecule has 0 aliphatic carbocycles. The third-order valence-electron chi connectivity index (χ3n) is 5.67. The summed E-state index contributed by atoms with van der Waals surface area (Å²) in [7, 11) is -6.66. The molecule has 8 nitrogen and oxygen atoms in total. The van der Waals surface area contributed by atoms with Crippen LogP contribution in [0.1, 0.15) is 22.3 Å². The molecule has 0 amide bonds. The second-order valence-electron chi connectivity index (χ2n) is 8.59. The van der Waals surface area contributed by atoms with Crippen LogP contribution in [0.25, 0.3) is 0 Å². The fourth-order valence-corrected chi connectivity index (χ4v) is 5.82. The van der Waals surface area contributed by atoms with Gasteiger partial charge < -0.3 is 4.84 Å². The lowest BCUT2D eigenvalue weighted by Crippen LogP contribution is -2.18. The van der Waals surface area contributed by atoms with Crippen molar-refractivity contribution in [2.75, 3.05) is 16.6 Å². The minimum atomic E-state index is -4.05. The molecular weight excluding hydrogens is 522 g/mol. The summed E-state index contributed by atoms with van der Waals surface area (Å²) < 4.78 is 57.9. The van der Waals surface area contributed by atoms with Gasteiger partial charge in [-0.3, -0.25) is 9.44 Å². The number of nitrogens with one attached hydrogen (secondary N) is 2. The van der Waals surface area contributed by atoms with Crippen LogP contribution in [0, 0.1) is 13.8 Å². The van der Waals surface area contributed by atoms with E-state index in [0.29, 0.717) is 11.3 Å². The van der Waals surface area contributed by atoms with E-state index in [-0.39, 0.29) is 21.2 Å². The van der Waals surface area contributed by atoms with Crippen LogP contribution < -0.4 is 9.44 Å². The summed E-state index contributed by atoms with van der Waals surface area (Å²) in [5.41, 5.74) is 3.57. The van der Waals surface area contributed by atoms with Crippen molar-refractivity contribution >= 4 is 37.1 Å². The molecule has 38 heavy (non-hydrogen) atoms. The summed E-state index contributed by atoms with van der Waals surface area (Å²) in [4.78, 5) is 5.13. The average molecular weight is 550 g/mol. The molecule has 4 rings (SSSR count). The fraction of sp³-hybridized carbons (Fsp3) is 0.107. The van der Waals surface area contributed by atoms with E-state index in [2.05, 4.69) is 14.6 Å². The second-order valence-corrected chi connectivity index (χ2v) is 12.0. The highest BCUT2D eigenvalue weighted by molar-refractivity contribution is 7.93. The highest BCUT2D eigenvalue weighted by atomic mass is 32.2. The smallest absolute Gasteiger partial charge is 0.261 e. The first-order valence-electron chi connectivity index (χ1n) is 11.6. The van der Waals surface area contributed by atoms with Crippen LogP contribution in [0.15, 0.2) is 112 Å². The van der Waals surface area contributed by atoms with Crippen LogP contribution in [0.5, 0.6) is 0 Å². The molecule has 0 heterocycles. The summed E-state index contributed by atoms with van der Waals surface area (Å²) in [5.74, 6) is 0. The molecule has 0 atom stereocenters. The van der Waals surface area contributed by atoms with Crippen molar-refractivity contribution < 1.29 is 21.7 Å². The average Bonchev–Trinajstić information content (AvgIpc) is 2.89. The predicted octanol–water partition coefficient (Wildman–Crippen LogP) is 5.30. The SMILES string of the molecule is CO/N=C(\c1ccccc1)c1ccc(NS(=O)(=O)c2ccc(C)cc2)c(NS(=O)(=O)c2ccc(C)cc2)c1. The van der Waals surface area contributed by atoms with E-state index in [9.17, 15) is 16.8 Å². The third-order valence-corrected chi connectivity index (χ3v) is 8.44. The molecule has 0 saturated heterocycles. The van der Waals surface area contributed by atoms with Crippen molar-refractivity contribution in [1.29, 1.82) is 0 Å². The van der Waals surface area contributed by atoms with Crippen molar-refractivity contribution in [2.24, 2.45) is 5.16 Å². The first-order chi connectivity index (χ1) is 18.1. The zero-order valence-corrected chi connectivity index (χ0v) is 22.7. The van der Waals surface area contributed by atoms with Crippen LogP contribution in [-0.2, 0) is 24.9 Å². The Hall–Kier alpha value is -4.15. The summed E-state index contributed by atoms with van der Waals surface area (Å²) >= 11 is 0. The molecule has 10 heteroatoms. The number of sulfonamides is 2. The summed E-state index contributed by atoms with van der Waals surface area (Å²) in [6.07, 6.45) is 0. The number of hydrogen-bond donors (Lipinski definition) is 2. The third kappa shape index (κ3) is 6.21. The highest BCUT2D eigenvalue weighted by Crippen LogP contribution is 2.30. The number of anilines is 2. The number of rotatable bonds is 9. The fourth-order valence-electron chi connectivity index (χ4n) is 3.67. The topological polar surface area (TPSA) is 114 Å². The monoisotopic (exact) mass is 549 g/mol. The van der Waals surface area contributed by atoms with Gasteiger partial charge in [0.2, 0.25) is 0 Å². The minimum Gasteiger partial charge on any atom is -0.399 e. The Bertz CT molecular complexity index is 1670. The number of oxime groups is 1. The second kappa shape index (κ2) is 11.1. The maximum atomic E-state index is 13.3. The molecule has 2 N–H and O–H groups in total. The standard InChI is InChI=1S/C28H27N3O5S2/c1-20-9-14-24(15-10-20)37(32,33)30-26-18-13-23(28(29-36-3)22-7-5-4-6-8-22)19-27(26)31-38(34,35)25-16-11-21(2)12-17-25/h4-19,30-31H,1-3H3/b29-28+. The van der Waals surface area contributed by atoms with Crippen LogP contribution in [-0.4, -0.2) is 29.7 Å².